The van der Waals surface area contributed by atoms with Crippen LogP contribution in [0.4, 0.5) is 0 Å². The van der Waals surface area contributed by atoms with Gasteiger partial charge in [-0.25, -0.2) is 0 Å². The molecule has 0 aromatic rings. The lowest BCUT2D eigenvalue weighted by Gasteiger charge is -2.44. The van der Waals surface area contributed by atoms with E-state index in [9.17, 15) is 9.59 Å². The molecule has 11 nitrogen and oxygen atoms in total. The maximum Gasteiger partial charge on any atom is 0.306 e. The van der Waals surface area contributed by atoms with Crippen molar-refractivity contribution in [2.75, 3.05) is 21.3 Å². The molecule has 3 aliphatic heterocycles. The Balaban J connectivity index is 1.21. The fourth-order valence-corrected chi connectivity index (χ4v) is 9.75. The largest absolute Gasteiger partial charge is 0.462 e. The Morgan fingerprint density at radius 1 is 0.840 bits per heavy atom. The first-order valence-corrected chi connectivity index (χ1v) is 19.2. The minimum Gasteiger partial charge on any atom is -0.462 e. The summed E-state index contributed by atoms with van der Waals surface area (Å²) < 4.78 is 49.1. The van der Waals surface area contributed by atoms with Gasteiger partial charge in [0.2, 0.25) is 0 Å². The Bertz CT molecular complexity index is 1240. The molecule has 0 amide bonds. The van der Waals surface area contributed by atoms with Gasteiger partial charge in [-0.15, -0.1) is 0 Å². The highest BCUT2D eigenvalue weighted by Crippen LogP contribution is 2.54. The highest BCUT2D eigenvalue weighted by Gasteiger charge is 2.52. The van der Waals surface area contributed by atoms with Gasteiger partial charge in [0, 0.05) is 39.2 Å². The van der Waals surface area contributed by atoms with E-state index in [1.54, 1.807) is 21.3 Å². The van der Waals surface area contributed by atoms with Crippen LogP contribution in [0.5, 0.6) is 0 Å². The van der Waals surface area contributed by atoms with Gasteiger partial charge >= 0.3 is 5.97 Å². The lowest BCUT2D eigenvalue weighted by molar-refractivity contribution is -0.314. The monoisotopic (exact) mass is 703 g/mol. The predicted octanol–water partition coefficient (Wildman–Crippen LogP) is 4.88. The lowest BCUT2D eigenvalue weighted by atomic mass is 9.70. The summed E-state index contributed by atoms with van der Waals surface area (Å²) in [5.74, 6) is -0.0500. The Kier molecular flexibility index (Phi) is 12.6. The predicted molar refractivity (Wildman–Crippen MR) is 185 cm³/mol. The van der Waals surface area contributed by atoms with Crippen molar-refractivity contribution in [1.29, 1.82) is 0 Å². The summed E-state index contributed by atoms with van der Waals surface area (Å²) in [6.45, 7) is 8.00. The van der Waals surface area contributed by atoms with Gasteiger partial charge < -0.3 is 43.6 Å². The summed E-state index contributed by atoms with van der Waals surface area (Å²) in [4.78, 5) is 28.0. The summed E-state index contributed by atoms with van der Waals surface area (Å²) in [5, 5.41) is 0. The van der Waals surface area contributed by atoms with Crippen LogP contribution in [0.1, 0.15) is 85.5 Å². The van der Waals surface area contributed by atoms with Gasteiger partial charge in [-0.2, -0.15) is 0 Å². The van der Waals surface area contributed by atoms with Gasteiger partial charge in [0.05, 0.1) is 30.8 Å². The van der Waals surface area contributed by atoms with Crippen LogP contribution in [0.25, 0.3) is 0 Å². The second-order valence-electron chi connectivity index (χ2n) is 15.6. The zero-order valence-electron chi connectivity index (χ0n) is 31.1. The SMILES string of the molecule is CC[C@H]1CCC[C@@H](O[C@H]2CC[C@H](N)[C@H](C)O2)[C@H](C)C(=O)C2=C[C@H]3[C@H](C=C[C@H]4C[C@H](O[C@H]5O[C@H](C)[C@@H](OC)[C@H](OC)[C@H]5OC)C[C@H]34)[C@@H]2CC(=O)O1. The Labute approximate surface area is 298 Å². The molecule has 0 spiro atoms. The molecule has 17 atom stereocenters. The molecule has 0 aromatic carbocycles. The molecule has 3 aliphatic carbocycles. The van der Waals surface area contributed by atoms with Gasteiger partial charge in [0.1, 0.15) is 24.4 Å². The quantitative estimate of drug-likeness (QED) is 0.274. The minimum absolute atomic E-state index is 0.0131. The van der Waals surface area contributed by atoms with E-state index in [1.165, 1.54) is 0 Å². The summed E-state index contributed by atoms with van der Waals surface area (Å²) in [6.07, 6.45) is 10.2. The first-order valence-electron chi connectivity index (χ1n) is 19.2. The van der Waals surface area contributed by atoms with Crippen molar-refractivity contribution in [3.63, 3.8) is 0 Å². The summed E-state index contributed by atoms with van der Waals surface area (Å²) in [5.41, 5.74) is 6.96. The average Bonchev–Trinajstić information content (AvgIpc) is 3.68. The number of carbonyl (C=O) groups excluding carboxylic acids is 2. The number of allylic oxidation sites excluding steroid dienone is 4. The smallest absolute Gasteiger partial charge is 0.306 e. The molecule has 3 heterocycles. The topological polar surface area (TPSA) is 134 Å². The molecule has 2 N–H and O–H groups in total. The van der Waals surface area contributed by atoms with Crippen LogP contribution in [0, 0.1) is 35.5 Å². The van der Waals surface area contributed by atoms with Gasteiger partial charge in [0.15, 0.2) is 18.4 Å². The van der Waals surface area contributed by atoms with E-state index in [2.05, 4.69) is 25.2 Å². The number of nitrogens with two attached hydrogens (primary N) is 1. The fraction of sp³-hybridized carbons (Fsp3) is 0.846. The molecule has 4 fully saturated rings. The number of rotatable bonds is 8. The highest BCUT2D eigenvalue weighted by molar-refractivity contribution is 5.99. The van der Waals surface area contributed by atoms with Crippen molar-refractivity contribution in [2.24, 2.45) is 41.2 Å². The van der Waals surface area contributed by atoms with Crippen LogP contribution >= 0.6 is 0 Å². The second kappa shape index (κ2) is 16.5. The maximum absolute atomic E-state index is 14.5. The molecule has 6 rings (SSSR count). The van der Waals surface area contributed by atoms with Gasteiger partial charge in [0.25, 0.3) is 0 Å². The van der Waals surface area contributed by atoms with Crippen LogP contribution in [0.2, 0.25) is 0 Å². The normalized spacial score (nSPS) is 47.0. The third-order valence-electron chi connectivity index (χ3n) is 12.7. The number of esters is 1. The van der Waals surface area contributed by atoms with E-state index < -0.39 is 12.4 Å². The van der Waals surface area contributed by atoms with E-state index in [1.807, 2.05) is 20.8 Å². The molecule has 6 aliphatic rings. The summed E-state index contributed by atoms with van der Waals surface area (Å²) in [6, 6.07) is -0.0131. The van der Waals surface area contributed by atoms with Crippen LogP contribution in [0.15, 0.2) is 23.8 Å². The Morgan fingerprint density at radius 3 is 2.30 bits per heavy atom. The molecule has 50 heavy (non-hydrogen) atoms. The van der Waals surface area contributed by atoms with Crippen LogP contribution in [-0.4, -0.2) is 101 Å². The molecule has 1 saturated carbocycles. The molecule has 0 aromatic heterocycles. The van der Waals surface area contributed by atoms with Crippen molar-refractivity contribution in [3.05, 3.63) is 23.8 Å². The third-order valence-corrected chi connectivity index (χ3v) is 12.7. The number of cyclic esters (lactones) is 1. The number of ketones is 1. The van der Waals surface area contributed by atoms with Crippen molar-refractivity contribution in [1.82, 2.24) is 0 Å². The van der Waals surface area contributed by atoms with Crippen LogP contribution < -0.4 is 5.73 Å². The van der Waals surface area contributed by atoms with Crippen molar-refractivity contribution >= 4 is 11.8 Å². The van der Waals surface area contributed by atoms with E-state index >= 15 is 0 Å². The van der Waals surface area contributed by atoms with E-state index in [0.29, 0.717) is 18.8 Å². The number of Topliss-reactive ketones (excluding diaryl/α,β-unsaturated/α-hetero) is 1. The van der Waals surface area contributed by atoms with Crippen molar-refractivity contribution < 1.29 is 47.5 Å². The molecule has 11 heteroatoms. The molecule has 0 radical (unpaired) electrons. The van der Waals surface area contributed by atoms with Crippen molar-refractivity contribution in [3.8, 4) is 0 Å². The minimum atomic E-state index is -0.597. The molecule has 0 unspecified atom stereocenters. The molecule has 282 valence electrons. The molecule has 0 bridgehead atoms. The fourth-order valence-electron chi connectivity index (χ4n) is 9.75. The second-order valence-corrected chi connectivity index (χ2v) is 15.6. The Morgan fingerprint density at radius 2 is 1.60 bits per heavy atom. The highest BCUT2D eigenvalue weighted by atomic mass is 16.7. The summed E-state index contributed by atoms with van der Waals surface area (Å²) >= 11 is 0. The number of hydrogen-bond acceptors (Lipinski definition) is 11. The number of ether oxygens (including phenoxy) is 8. The maximum atomic E-state index is 14.5. The molecule has 3 saturated heterocycles. The van der Waals surface area contributed by atoms with Gasteiger partial charge in [-0.05, 0) is 94.5 Å². The van der Waals surface area contributed by atoms with Gasteiger partial charge in [-0.1, -0.05) is 32.1 Å². The molecular weight excluding hydrogens is 642 g/mol. The van der Waals surface area contributed by atoms with Crippen LogP contribution in [0.3, 0.4) is 0 Å². The average molecular weight is 704 g/mol. The third kappa shape index (κ3) is 7.81. The number of fused-ring (bicyclic) bond motifs is 5. The number of methoxy groups -OCH3 is 3. The molecular formula is C39H61NO10. The zero-order chi connectivity index (χ0) is 35.7. The first kappa shape index (κ1) is 38.0. The lowest BCUT2D eigenvalue weighted by Crippen LogP contribution is -2.59. The number of carbonyl (C=O) groups is 2. The first-order chi connectivity index (χ1) is 24.1. The van der Waals surface area contributed by atoms with Crippen molar-refractivity contribution in [2.45, 2.75) is 153 Å². The van der Waals surface area contributed by atoms with E-state index in [0.717, 1.165) is 44.1 Å². The standard InChI is InChI=1S/C39H61NO10/c1-8-24-10-9-11-32(50-34-15-14-31(40)21(3)46-34)20(2)35(42)30-18-28-26(29(30)19-33(41)48-24)13-12-23-16-25(17-27(23)28)49-39-38(45-7)37(44-6)36(43-5)22(4)47-39/h12-13,18,20-29,31-32,34,36-39H,8-11,14-17,19,40H2,1-7H3/t20-,21-,22+,23-,24-,25-,26-,27-,28-,29-,31-,32+,34-,36+,37-,38+,39+/m0/s1. The van der Waals surface area contributed by atoms with Crippen LogP contribution in [-0.2, 0) is 47.5 Å². The van der Waals surface area contributed by atoms with E-state index in [4.69, 9.17) is 43.6 Å². The zero-order valence-corrected chi connectivity index (χ0v) is 31.1. The Hall–Kier alpha value is -1.70. The summed E-state index contributed by atoms with van der Waals surface area (Å²) in [7, 11) is 4.96. The van der Waals surface area contributed by atoms with E-state index in [-0.39, 0.29) is 103 Å². The number of hydrogen-bond donors (Lipinski definition) is 1. The van der Waals surface area contributed by atoms with Gasteiger partial charge in [-0.3, -0.25) is 9.59 Å².